The van der Waals surface area contributed by atoms with E-state index in [1.54, 1.807) is 0 Å². The Hall–Kier alpha value is -3.96. The Morgan fingerprint density at radius 1 is 0.612 bits per heavy atom. The average Bonchev–Trinajstić information content (AvgIpc) is 3.03. The molecule has 0 spiro atoms. The number of nitrogens with two attached hydrogens (primary N) is 1. The number of carbonyl (C=O) groups excluding carboxylic acids is 5. The molecule has 0 bridgehead atoms. The molecule has 0 unspecified atom stereocenters. The molecule has 0 aliphatic heterocycles. The van der Waals surface area contributed by atoms with Crippen LogP contribution in [0, 0.1) is 0 Å². The molecule has 0 aliphatic rings. The topological polar surface area (TPSA) is 317 Å². The van der Waals surface area contributed by atoms with Crippen molar-refractivity contribution in [2.24, 2.45) is 5.73 Å². The van der Waals surface area contributed by atoms with Gasteiger partial charge in [-0.1, -0.05) is 0 Å². The molecule has 0 aromatic carbocycles. The van der Waals surface area contributed by atoms with Crippen LogP contribution in [0.25, 0.3) is 0 Å². The van der Waals surface area contributed by atoms with Gasteiger partial charge in [0.05, 0.1) is 46.2 Å². The second kappa shape index (κ2) is 29.0. The minimum atomic E-state index is -2.52. The van der Waals surface area contributed by atoms with E-state index in [-0.39, 0.29) is 110 Å². The van der Waals surface area contributed by atoms with Crippen molar-refractivity contribution in [3.63, 3.8) is 0 Å². The van der Waals surface area contributed by atoms with Gasteiger partial charge in [0.1, 0.15) is 36.0 Å². The van der Waals surface area contributed by atoms with Crippen LogP contribution >= 0.6 is 0 Å². The number of thiol groups is 1. The van der Waals surface area contributed by atoms with E-state index in [1.807, 2.05) is 0 Å². The summed E-state index contributed by atoms with van der Waals surface area (Å²) in [6, 6.07) is -2.67. The largest absolute Gasteiger partial charge is 0.480 e. The van der Waals surface area contributed by atoms with Gasteiger partial charge in [-0.2, -0.15) is 0 Å². The lowest BCUT2D eigenvalue weighted by Crippen LogP contribution is -2.45. The molecule has 0 aromatic rings. The molecule has 2 atom stereocenters. The van der Waals surface area contributed by atoms with Crippen LogP contribution in [0.1, 0.15) is 32.1 Å². The number of hydrogen-bond acceptors (Lipinski definition) is 14. The van der Waals surface area contributed by atoms with Gasteiger partial charge in [-0.25, -0.2) is 18.0 Å². The van der Waals surface area contributed by atoms with Crippen molar-refractivity contribution in [2.75, 3.05) is 84.8 Å². The summed E-state index contributed by atoms with van der Waals surface area (Å²) in [5.41, 5.74) is 4.91. The van der Waals surface area contributed by atoms with Crippen molar-refractivity contribution in [1.82, 2.24) is 26.6 Å². The first-order valence-corrected chi connectivity index (χ1v) is 16.7. The number of primary amides is 1. The van der Waals surface area contributed by atoms with Gasteiger partial charge in [-0.05, 0) is 25.8 Å². The lowest BCUT2D eigenvalue weighted by atomic mass is 10.1. The molecule has 0 aliphatic carbocycles. The zero-order valence-corrected chi connectivity index (χ0v) is 28.0. The fourth-order valence-electron chi connectivity index (χ4n) is 3.53. The van der Waals surface area contributed by atoms with E-state index < -0.39 is 65.0 Å². The van der Waals surface area contributed by atoms with E-state index in [9.17, 15) is 52.2 Å². The summed E-state index contributed by atoms with van der Waals surface area (Å²) < 4.78 is 41.7. The Bertz CT molecular complexity index is 1120. The van der Waals surface area contributed by atoms with Gasteiger partial charge in [0.2, 0.25) is 29.5 Å². The fraction of sp³-hybridized carbons (Fsp3) is 0.741. The Labute approximate surface area is 284 Å². The zero-order valence-electron chi connectivity index (χ0n) is 27.1. The lowest BCUT2D eigenvalue weighted by Gasteiger charge is -2.17. The molecular weight excluding hydrogens is 680 g/mol. The van der Waals surface area contributed by atoms with Crippen LogP contribution in [0.2, 0.25) is 0 Å². The molecule has 0 saturated carbocycles. The standard InChI is InChI=1S/C27H48N6O15S/c28-21(34)16-31-24(37)17-47-13-11-45-9-7-29-6-5-20(27(41)42)32-23(36)4-3-19(26(39)40)33-25(38)18-48-14-12-46-10-8-30-22(35)2-1-15-49(43)44/h19-20,29,49H,1-18H2,(H2,28,34)(H,30,35)(H,31,37)(H,32,36)(H,33,38)(H,39,40)(H,41,42)/t19-,20+/m0/s1. The van der Waals surface area contributed by atoms with E-state index in [1.165, 1.54) is 0 Å². The summed E-state index contributed by atoms with van der Waals surface area (Å²) in [6.07, 6.45) is -0.347. The number of rotatable bonds is 32. The fourth-order valence-corrected chi connectivity index (χ4v) is 3.95. The van der Waals surface area contributed by atoms with Crippen molar-refractivity contribution in [1.29, 1.82) is 0 Å². The monoisotopic (exact) mass is 728 g/mol. The van der Waals surface area contributed by atoms with Crippen LogP contribution in [-0.2, 0) is 63.2 Å². The van der Waals surface area contributed by atoms with Gasteiger partial charge in [0, 0.05) is 31.7 Å². The number of ether oxygens (including phenoxy) is 4. The van der Waals surface area contributed by atoms with E-state index in [2.05, 4.69) is 26.6 Å². The van der Waals surface area contributed by atoms with Crippen LogP contribution in [0.3, 0.4) is 0 Å². The van der Waals surface area contributed by atoms with Gasteiger partial charge < -0.3 is 61.5 Å². The minimum Gasteiger partial charge on any atom is -0.480 e. The Morgan fingerprint density at radius 2 is 1.16 bits per heavy atom. The normalized spacial score (nSPS) is 12.1. The van der Waals surface area contributed by atoms with E-state index in [0.29, 0.717) is 6.54 Å². The summed E-state index contributed by atoms with van der Waals surface area (Å²) in [5, 5.41) is 31.1. The minimum absolute atomic E-state index is 0.00541. The highest BCUT2D eigenvalue weighted by atomic mass is 32.2. The molecule has 9 N–H and O–H groups in total. The average molecular weight is 729 g/mol. The predicted octanol–water partition coefficient (Wildman–Crippen LogP) is -4.94. The van der Waals surface area contributed by atoms with Crippen molar-refractivity contribution in [3.05, 3.63) is 0 Å². The second-order valence-corrected chi connectivity index (χ2v) is 11.2. The highest BCUT2D eigenvalue weighted by Gasteiger charge is 2.24. The molecule has 21 nitrogen and oxygen atoms in total. The number of nitrogens with one attached hydrogen (secondary N) is 5. The zero-order chi connectivity index (χ0) is 36.9. The van der Waals surface area contributed by atoms with Crippen LogP contribution in [0.5, 0.6) is 0 Å². The summed E-state index contributed by atoms with van der Waals surface area (Å²) in [5.74, 6) is -5.70. The van der Waals surface area contributed by atoms with E-state index >= 15 is 0 Å². The highest BCUT2D eigenvalue weighted by molar-refractivity contribution is 7.72. The third-order valence-electron chi connectivity index (χ3n) is 5.94. The number of amides is 5. The quantitative estimate of drug-likeness (QED) is 0.0231. The molecule has 49 heavy (non-hydrogen) atoms. The van der Waals surface area contributed by atoms with Gasteiger partial charge in [0.25, 0.3) is 0 Å². The summed E-state index contributed by atoms with van der Waals surface area (Å²) in [6.45, 7) is 0.520. The molecule has 282 valence electrons. The van der Waals surface area contributed by atoms with Gasteiger partial charge in [0.15, 0.2) is 0 Å². The number of carboxylic acid groups (broad SMARTS) is 2. The maximum Gasteiger partial charge on any atom is 0.326 e. The van der Waals surface area contributed by atoms with Gasteiger partial charge in [-0.15, -0.1) is 0 Å². The Morgan fingerprint density at radius 3 is 1.76 bits per heavy atom. The smallest absolute Gasteiger partial charge is 0.326 e. The van der Waals surface area contributed by atoms with Gasteiger partial charge in [-0.3, -0.25) is 24.0 Å². The maximum atomic E-state index is 12.3. The maximum absolute atomic E-state index is 12.3. The number of carbonyl (C=O) groups is 7. The molecule has 0 rings (SSSR count). The van der Waals surface area contributed by atoms with Crippen molar-refractivity contribution < 1.29 is 71.1 Å². The second-order valence-electron chi connectivity index (χ2n) is 10.1. The number of aliphatic carboxylic acids is 2. The van der Waals surface area contributed by atoms with Crippen molar-refractivity contribution in [2.45, 2.75) is 44.2 Å². The SMILES string of the molecule is NC(=O)CNC(=O)COCCOCCNCC[C@@H](NC(=O)CC[C@H](NC(=O)COCCOCCNC(=O)CCC[SH](=O)=O)C(=O)O)C(=O)O. The Balaban J connectivity index is 4.08. The van der Waals surface area contributed by atoms with Crippen molar-refractivity contribution >= 4 is 52.2 Å². The molecule has 5 amide bonds. The highest BCUT2D eigenvalue weighted by Crippen LogP contribution is 2.01. The van der Waals surface area contributed by atoms with Crippen LogP contribution in [-0.4, -0.2) is 157 Å². The molecule has 0 aromatic heterocycles. The molecule has 0 saturated heterocycles. The van der Waals surface area contributed by atoms with Crippen LogP contribution < -0.4 is 32.3 Å². The molecule has 22 heteroatoms. The first-order chi connectivity index (χ1) is 23.3. The lowest BCUT2D eigenvalue weighted by molar-refractivity contribution is -0.144. The summed E-state index contributed by atoms with van der Waals surface area (Å²) in [4.78, 5) is 80.9. The molecule has 0 heterocycles. The molecule has 0 radical (unpaired) electrons. The first-order valence-electron chi connectivity index (χ1n) is 15.3. The Kier molecular flexibility index (Phi) is 26.7. The number of hydrogen-bond donors (Lipinski definition) is 9. The molecular formula is C27H48N6O15S. The van der Waals surface area contributed by atoms with E-state index in [0.717, 1.165) is 0 Å². The third-order valence-corrected chi connectivity index (χ3v) is 6.62. The summed E-state index contributed by atoms with van der Waals surface area (Å²) in [7, 11) is -2.52. The van der Waals surface area contributed by atoms with Crippen LogP contribution in [0.15, 0.2) is 0 Å². The first kappa shape index (κ1) is 45.0. The van der Waals surface area contributed by atoms with Crippen LogP contribution in [0.4, 0.5) is 0 Å². The van der Waals surface area contributed by atoms with Gasteiger partial charge >= 0.3 is 11.9 Å². The third kappa shape index (κ3) is 28.7. The molecule has 0 fully saturated rings. The van der Waals surface area contributed by atoms with Crippen molar-refractivity contribution in [3.8, 4) is 0 Å². The number of carboxylic acids is 2. The predicted molar refractivity (Wildman–Crippen MR) is 169 cm³/mol. The summed E-state index contributed by atoms with van der Waals surface area (Å²) >= 11 is 0. The van der Waals surface area contributed by atoms with E-state index in [4.69, 9.17) is 24.7 Å².